The predicted octanol–water partition coefficient (Wildman–Crippen LogP) is 2.69. The molecule has 0 aromatic heterocycles. The number of hydrogen-bond acceptors (Lipinski definition) is 7. The van der Waals surface area contributed by atoms with Crippen LogP contribution in [0.25, 0.3) is 0 Å². The second kappa shape index (κ2) is 10.2. The van der Waals surface area contributed by atoms with Crippen molar-refractivity contribution < 1.29 is 24.0 Å². The number of carbonyl (C=O) groups excluding carboxylic acids is 2. The van der Waals surface area contributed by atoms with Gasteiger partial charge in [-0.25, -0.2) is 4.79 Å². The Labute approximate surface area is 184 Å². The Kier molecular flexibility index (Phi) is 7.43. The van der Waals surface area contributed by atoms with Gasteiger partial charge in [0.1, 0.15) is 11.8 Å². The lowest BCUT2D eigenvalue weighted by Crippen LogP contribution is -2.52. The third-order valence-corrected chi connectivity index (χ3v) is 5.39. The zero-order valence-corrected chi connectivity index (χ0v) is 17.7. The molecule has 2 aromatic carbocycles. The maximum atomic E-state index is 12.5. The molecule has 1 fully saturated rings. The fourth-order valence-electron chi connectivity index (χ4n) is 3.43. The maximum Gasteiger partial charge on any atom is 0.327 e. The van der Waals surface area contributed by atoms with Crippen molar-refractivity contribution in [1.82, 2.24) is 9.80 Å². The van der Waals surface area contributed by atoms with E-state index in [4.69, 9.17) is 21.1 Å². The van der Waals surface area contributed by atoms with E-state index in [0.717, 1.165) is 0 Å². The van der Waals surface area contributed by atoms with Gasteiger partial charge in [-0.15, -0.1) is 0 Å². The Balaban J connectivity index is 1.59. The highest BCUT2D eigenvalue weighted by Crippen LogP contribution is 2.29. The summed E-state index contributed by atoms with van der Waals surface area (Å²) in [5.74, 6) is -0.397. The second-order valence-electron chi connectivity index (χ2n) is 6.91. The van der Waals surface area contributed by atoms with E-state index >= 15 is 0 Å². The number of non-ortho nitro benzene ring substituents is 1. The van der Waals surface area contributed by atoms with Crippen molar-refractivity contribution in [3.05, 3.63) is 69.2 Å². The van der Waals surface area contributed by atoms with Crippen LogP contribution in [0.2, 0.25) is 5.02 Å². The van der Waals surface area contributed by atoms with Gasteiger partial charge in [-0.1, -0.05) is 35.9 Å². The van der Waals surface area contributed by atoms with E-state index in [1.54, 1.807) is 29.2 Å². The lowest BCUT2D eigenvalue weighted by Gasteiger charge is -2.38. The molecule has 1 saturated heterocycles. The second-order valence-corrected chi connectivity index (χ2v) is 7.31. The number of benzene rings is 2. The molecule has 3 rings (SSSR count). The SMILES string of the molecule is COC(=O)C(c1ccccc1Cl)N1CCN(C(=O)COc2cccc([N+](=O)[O-])c2)CC1. The van der Waals surface area contributed by atoms with E-state index in [0.29, 0.717) is 36.8 Å². The Hall–Kier alpha value is -3.17. The maximum absolute atomic E-state index is 12.5. The van der Waals surface area contributed by atoms with Gasteiger partial charge in [0.15, 0.2) is 6.61 Å². The molecule has 1 atom stereocenters. The van der Waals surface area contributed by atoms with Crippen molar-refractivity contribution in [3.8, 4) is 5.75 Å². The molecule has 1 heterocycles. The predicted molar refractivity (Wildman–Crippen MR) is 113 cm³/mol. The minimum atomic E-state index is -0.655. The van der Waals surface area contributed by atoms with Gasteiger partial charge < -0.3 is 14.4 Å². The van der Waals surface area contributed by atoms with Crippen LogP contribution in [-0.2, 0) is 14.3 Å². The molecular weight excluding hydrogens is 426 g/mol. The average Bonchev–Trinajstić information content (AvgIpc) is 2.79. The first kappa shape index (κ1) is 22.5. The molecule has 0 aliphatic carbocycles. The molecule has 1 unspecified atom stereocenters. The number of amides is 1. The summed E-state index contributed by atoms with van der Waals surface area (Å²) >= 11 is 6.29. The zero-order valence-electron chi connectivity index (χ0n) is 16.9. The average molecular weight is 448 g/mol. The summed E-state index contributed by atoms with van der Waals surface area (Å²) in [5, 5.41) is 11.3. The van der Waals surface area contributed by atoms with Crippen molar-refractivity contribution in [2.45, 2.75) is 6.04 Å². The highest BCUT2D eigenvalue weighted by molar-refractivity contribution is 6.31. The number of nitrogens with zero attached hydrogens (tertiary/aromatic N) is 3. The Morgan fingerprint density at radius 2 is 1.84 bits per heavy atom. The van der Waals surface area contributed by atoms with E-state index in [2.05, 4.69) is 0 Å². The van der Waals surface area contributed by atoms with Gasteiger partial charge in [0.2, 0.25) is 0 Å². The molecule has 0 bridgehead atoms. The molecule has 1 aliphatic rings. The summed E-state index contributed by atoms with van der Waals surface area (Å²) < 4.78 is 10.4. The van der Waals surface area contributed by atoms with Gasteiger partial charge in [0, 0.05) is 37.3 Å². The number of nitro groups is 1. The van der Waals surface area contributed by atoms with Crippen LogP contribution in [0.1, 0.15) is 11.6 Å². The summed E-state index contributed by atoms with van der Waals surface area (Å²) in [6.45, 7) is 1.47. The number of halogens is 1. The fraction of sp³-hybridized carbons (Fsp3) is 0.333. The molecule has 2 aromatic rings. The Morgan fingerprint density at radius 1 is 1.13 bits per heavy atom. The third kappa shape index (κ3) is 5.50. The topological polar surface area (TPSA) is 102 Å². The summed E-state index contributed by atoms with van der Waals surface area (Å²) in [4.78, 5) is 38.8. The third-order valence-electron chi connectivity index (χ3n) is 5.05. The highest BCUT2D eigenvalue weighted by Gasteiger charge is 2.33. The van der Waals surface area contributed by atoms with Crippen LogP contribution >= 0.6 is 11.6 Å². The van der Waals surface area contributed by atoms with Crippen molar-refractivity contribution >= 4 is 29.2 Å². The summed E-state index contributed by atoms with van der Waals surface area (Å²) in [5.41, 5.74) is 0.553. The van der Waals surface area contributed by atoms with Crippen LogP contribution in [0.15, 0.2) is 48.5 Å². The highest BCUT2D eigenvalue weighted by atomic mass is 35.5. The zero-order chi connectivity index (χ0) is 22.4. The number of carbonyl (C=O) groups is 2. The van der Waals surface area contributed by atoms with E-state index in [9.17, 15) is 19.7 Å². The van der Waals surface area contributed by atoms with Gasteiger partial charge >= 0.3 is 5.97 Å². The first-order valence-corrected chi connectivity index (χ1v) is 10.00. The number of nitro benzene ring substituents is 1. The molecule has 31 heavy (non-hydrogen) atoms. The lowest BCUT2D eigenvalue weighted by molar-refractivity contribution is -0.384. The smallest absolute Gasteiger partial charge is 0.327 e. The van der Waals surface area contributed by atoms with Crippen molar-refractivity contribution in [2.24, 2.45) is 0 Å². The van der Waals surface area contributed by atoms with Crippen LogP contribution in [0.4, 0.5) is 5.69 Å². The Morgan fingerprint density at radius 3 is 2.48 bits per heavy atom. The number of rotatable bonds is 7. The fourth-order valence-corrected chi connectivity index (χ4v) is 3.67. The number of methoxy groups -OCH3 is 1. The van der Waals surface area contributed by atoms with Crippen LogP contribution < -0.4 is 4.74 Å². The minimum Gasteiger partial charge on any atom is -0.484 e. The normalized spacial score (nSPS) is 15.2. The van der Waals surface area contributed by atoms with Gasteiger partial charge in [0.05, 0.1) is 18.1 Å². The van der Waals surface area contributed by atoms with Gasteiger partial charge in [-0.2, -0.15) is 0 Å². The largest absolute Gasteiger partial charge is 0.484 e. The first-order chi connectivity index (χ1) is 14.9. The van der Waals surface area contributed by atoms with E-state index in [-0.39, 0.29) is 24.0 Å². The molecule has 10 heteroatoms. The molecule has 164 valence electrons. The van der Waals surface area contributed by atoms with Gasteiger partial charge in [0.25, 0.3) is 11.6 Å². The molecule has 0 saturated carbocycles. The van der Waals surface area contributed by atoms with Crippen LogP contribution in [0.3, 0.4) is 0 Å². The first-order valence-electron chi connectivity index (χ1n) is 9.62. The van der Waals surface area contributed by atoms with Crippen LogP contribution in [0, 0.1) is 10.1 Å². The van der Waals surface area contributed by atoms with Gasteiger partial charge in [-0.05, 0) is 17.7 Å². The molecule has 9 nitrogen and oxygen atoms in total. The summed E-state index contributed by atoms with van der Waals surface area (Å²) in [6.07, 6.45) is 0. The molecule has 0 radical (unpaired) electrons. The standard InChI is InChI=1S/C21H22ClN3O6/c1-30-21(27)20(17-7-2-3-8-18(17)22)24-11-9-23(10-12-24)19(26)14-31-16-6-4-5-15(13-16)25(28)29/h2-8,13,20H,9-12,14H2,1H3. The number of hydrogen-bond donors (Lipinski definition) is 0. The van der Waals surface area contributed by atoms with Crippen molar-refractivity contribution in [1.29, 1.82) is 0 Å². The van der Waals surface area contributed by atoms with Crippen molar-refractivity contribution in [2.75, 3.05) is 39.9 Å². The lowest BCUT2D eigenvalue weighted by atomic mass is 10.0. The molecule has 0 N–H and O–H groups in total. The Bertz CT molecular complexity index is 962. The summed E-state index contributed by atoms with van der Waals surface area (Å²) in [6, 6.07) is 12.1. The van der Waals surface area contributed by atoms with Crippen molar-refractivity contribution in [3.63, 3.8) is 0 Å². The minimum absolute atomic E-state index is 0.105. The van der Waals surface area contributed by atoms with Crippen LogP contribution in [0.5, 0.6) is 5.75 Å². The van der Waals surface area contributed by atoms with E-state index in [1.165, 1.54) is 25.3 Å². The summed E-state index contributed by atoms with van der Waals surface area (Å²) in [7, 11) is 1.33. The van der Waals surface area contributed by atoms with E-state index < -0.39 is 16.9 Å². The molecule has 0 spiro atoms. The molecule has 1 amide bonds. The number of piperazine rings is 1. The number of esters is 1. The number of ether oxygens (including phenoxy) is 2. The monoisotopic (exact) mass is 447 g/mol. The molecule has 1 aliphatic heterocycles. The molecular formula is C21H22ClN3O6. The van der Waals surface area contributed by atoms with E-state index in [1.807, 2.05) is 11.0 Å². The van der Waals surface area contributed by atoms with Gasteiger partial charge in [-0.3, -0.25) is 19.8 Å². The van der Waals surface area contributed by atoms with Crippen LogP contribution in [-0.4, -0.2) is 66.5 Å². The quantitative estimate of drug-likeness (QED) is 0.365.